The predicted molar refractivity (Wildman–Crippen MR) is 61.3 cm³/mol. The highest BCUT2D eigenvalue weighted by Gasteiger charge is 2.15. The lowest BCUT2D eigenvalue weighted by atomic mass is 10.2. The highest BCUT2D eigenvalue weighted by molar-refractivity contribution is 5.92. The van der Waals surface area contributed by atoms with Crippen LogP contribution >= 0.6 is 0 Å². The van der Waals surface area contributed by atoms with Crippen molar-refractivity contribution in [3.8, 4) is 11.4 Å². The standard InChI is InChI=1S/C11H11N3O3/c1-6-4-7(15)2-3-9(6)14-10(12)8(5-13-14)11(16)17/h2-5,15H,12H2,1H3,(H,16,17). The molecule has 1 aromatic carbocycles. The molecule has 1 heterocycles. The molecule has 88 valence electrons. The van der Waals surface area contributed by atoms with E-state index in [1.165, 1.54) is 16.9 Å². The van der Waals surface area contributed by atoms with Crippen molar-refractivity contribution in [3.05, 3.63) is 35.5 Å². The maximum atomic E-state index is 10.8. The Labute approximate surface area is 96.9 Å². The van der Waals surface area contributed by atoms with Crippen molar-refractivity contribution < 1.29 is 15.0 Å². The summed E-state index contributed by atoms with van der Waals surface area (Å²) in [5.41, 5.74) is 7.04. The Balaban J connectivity index is 2.57. The number of nitrogen functional groups attached to an aromatic ring is 1. The summed E-state index contributed by atoms with van der Waals surface area (Å²) in [5, 5.41) is 22.1. The normalized spacial score (nSPS) is 10.4. The topological polar surface area (TPSA) is 101 Å². The second kappa shape index (κ2) is 3.82. The molecular formula is C11H11N3O3. The molecule has 0 spiro atoms. The second-order valence-corrected chi connectivity index (χ2v) is 3.63. The monoisotopic (exact) mass is 233 g/mol. The highest BCUT2D eigenvalue weighted by atomic mass is 16.4. The van der Waals surface area contributed by atoms with E-state index in [9.17, 15) is 9.90 Å². The van der Waals surface area contributed by atoms with Gasteiger partial charge in [0.2, 0.25) is 0 Å². The van der Waals surface area contributed by atoms with Gasteiger partial charge in [0.1, 0.15) is 17.1 Å². The number of phenols is 1. The number of anilines is 1. The van der Waals surface area contributed by atoms with E-state index in [-0.39, 0.29) is 17.1 Å². The predicted octanol–water partition coefficient (Wildman–Crippen LogP) is 1.17. The number of aromatic carboxylic acids is 1. The van der Waals surface area contributed by atoms with Crippen LogP contribution in [0.4, 0.5) is 5.82 Å². The molecule has 0 amide bonds. The Morgan fingerprint density at radius 3 is 2.71 bits per heavy atom. The van der Waals surface area contributed by atoms with Crippen molar-refractivity contribution in [1.82, 2.24) is 9.78 Å². The average molecular weight is 233 g/mol. The van der Waals surface area contributed by atoms with Crippen LogP contribution in [0.25, 0.3) is 5.69 Å². The van der Waals surface area contributed by atoms with Crippen LogP contribution in [0.5, 0.6) is 5.75 Å². The minimum atomic E-state index is -1.12. The number of aryl methyl sites for hydroxylation is 1. The molecule has 4 N–H and O–H groups in total. The molecule has 0 atom stereocenters. The van der Waals surface area contributed by atoms with Gasteiger partial charge >= 0.3 is 5.97 Å². The van der Waals surface area contributed by atoms with Gasteiger partial charge in [-0.05, 0) is 30.7 Å². The van der Waals surface area contributed by atoms with Crippen molar-refractivity contribution >= 4 is 11.8 Å². The maximum absolute atomic E-state index is 10.8. The zero-order valence-electron chi connectivity index (χ0n) is 9.08. The van der Waals surface area contributed by atoms with Gasteiger partial charge in [-0.25, -0.2) is 9.48 Å². The first-order chi connectivity index (χ1) is 8.00. The molecule has 0 aliphatic heterocycles. The van der Waals surface area contributed by atoms with Crippen LogP contribution in [0.1, 0.15) is 15.9 Å². The van der Waals surface area contributed by atoms with Gasteiger partial charge in [-0.2, -0.15) is 5.10 Å². The van der Waals surface area contributed by atoms with E-state index >= 15 is 0 Å². The number of carbonyl (C=O) groups is 1. The number of aromatic nitrogens is 2. The van der Waals surface area contributed by atoms with Crippen molar-refractivity contribution in [2.75, 3.05) is 5.73 Å². The fourth-order valence-electron chi connectivity index (χ4n) is 1.59. The number of aromatic hydroxyl groups is 1. The summed E-state index contributed by atoms with van der Waals surface area (Å²) < 4.78 is 1.33. The molecule has 2 rings (SSSR count). The molecule has 0 saturated carbocycles. The number of hydrogen-bond donors (Lipinski definition) is 3. The zero-order chi connectivity index (χ0) is 12.6. The largest absolute Gasteiger partial charge is 0.508 e. The van der Waals surface area contributed by atoms with E-state index < -0.39 is 5.97 Å². The summed E-state index contributed by atoms with van der Waals surface area (Å²) >= 11 is 0. The molecule has 6 nitrogen and oxygen atoms in total. The summed E-state index contributed by atoms with van der Waals surface area (Å²) in [6, 6.07) is 4.67. The number of carboxylic acids is 1. The third-order valence-corrected chi connectivity index (χ3v) is 2.45. The van der Waals surface area contributed by atoms with E-state index in [0.29, 0.717) is 5.69 Å². The Morgan fingerprint density at radius 2 is 2.18 bits per heavy atom. The lowest BCUT2D eigenvalue weighted by molar-refractivity contribution is 0.0698. The molecule has 0 aliphatic carbocycles. The molecular weight excluding hydrogens is 222 g/mol. The summed E-state index contributed by atoms with van der Waals surface area (Å²) in [5.74, 6) is -0.924. The van der Waals surface area contributed by atoms with Gasteiger partial charge in [0.25, 0.3) is 0 Å². The first-order valence-corrected chi connectivity index (χ1v) is 4.87. The Bertz CT molecular complexity index is 590. The molecule has 1 aromatic heterocycles. The summed E-state index contributed by atoms with van der Waals surface area (Å²) in [6.45, 7) is 1.77. The van der Waals surface area contributed by atoms with Gasteiger partial charge in [-0.3, -0.25) is 0 Å². The van der Waals surface area contributed by atoms with E-state index in [2.05, 4.69) is 5.10 Å². The van der Waals surface area contributed by atoms with Gasteiger partial charge in [0.15, 0.2) is 0 Å². The molecule has 17 heavy (non-hydrogen) atoms. The quantitative estimate of drug-likeness (QED) is 0.722. The minimum absolute atomic E-state index is 0.0440. The second-order valence-electron chi connectivity index (χ2n) is 3.63. The van der Waals surface area contributed by atoms with Crippen molar-refractivity contribution in [2.45, 2.75) is 6.92 Å². The molecule has 0 fully saturated rings. The van der Waals surface area contributed by atoms with Crippen LogP contribution in [-0.4, -0.2) is 26.0 Å². The molecule has 6 heteroatoms. The molecule has 0 radical (unpaired) electrons. The van der Waals surface area contributed by atoms with Crippen LogP contribution in [-0.2, 0) is 0 Å². The number of phenolic OH excluding ortho intramolecular Hbond substituents is 1. The summed E-state index contributed by atoms with van der Waals surface area (Å²) in [7, 11) is 0. The molecule has 0 bridgehead atoms. The molecule has 0 saturated heterocycles. The lowest BCUT2D eigenvalue weighted by Gasteiger charge is -2.08. The van der Waals surface area contributed by atoms with Crippen LogP contribution in [0.15, 0.2) is 24.4 Å². The number of hydrogen-bond acceptors (Lipinski definition) is 4. The van der Waals surface area contributed by atoms with E-state index in [1.54, 1.807) is 19.1 Å². The average Bonchev–Trinajstić information content (AvgIpc) is 2.60. The molecule has 0 unspecified atom stereocenters. The zero-order valence-corrected chi connectivity index (χ0v) is 9.08. The van der Waals surface area contributed by atoms with Crippen LogP contribution in [0, 0.1) is 6.92 Å². The number of nitrogens with zero attached hydrogens (tertiary/aromatic N) is 2. The Hall–Kier alpha value is -2.50. The van der Waals surface area contributed by atoms with Crippen LogP contribution in [0.2, 0.25) is 0 Å². The van der Waals surface area contributed by atoms with Crippen molar-refractivity contribution in [2.24, 2.45) is 0 Å². The maximum Gasteiger partial charge on any atom is 0.341 e. The van der Waals surface area contributed by atoms with Crippen LogP contribution in [0.3, 0.4) is 0 Å². The summed E-state index contributed by atoms with van der Waals surface area (Å²) in [4.78, 5) is 10.8. The Kier molecular flexibility index (Phi) is 2.47. The molecule has 0 aliphatic rings. The smallest absolute Gasteiger partial charge is 0.341 e. The molecule has 2 aromatic rings. The van der Waals surface area contributed by atoms with Gasteiger partial charge in [-0.1, -0.05) is 0 Å². The van der Waals surface area contributed by atoms with Crippen LogP contribution < -0.4 is 5.73 Å². The highest BCUT2D eigenvalue weighted by Crippen LogP contribution is 2.22. The van der Waals surface area contributed by atoms with E-state index in [4.69, 9.17) is 10.8 Å². The van der Waals surface area contributed by atoms with E-state index in [1.807, 2.05) is 0 Å². The fourth-order valence-corrected chi connectivity index (χ4v) is 1.59. The van der Waals surface area contributed by atoms with Gasteiger partial charge < -0.3 is 15.9 Å². The summed E-state index contributed by atoms with van der Waals surface area (Å²) in [6.07, 6.45) is 1.20. The number of nitrogens with two attached hydrogens (primary N) is 1. The SMILES string of the molecule is Cc1cc(O)ccc1-n1ncc(C(=O)O)c1N. The van der Waals surface area contributed by atoms with Gasteiger partial charge in [0.05, 0.1) is 11.9 Å². The number of benzene rings is 1. The Morgan fingerprint density at radius 1 is 1.47 bits per heavy atom. The fraction of sp³-hybridized carbons (Fsp3) is 0.0909. The third-order valence-electron chi connectivity index (χ3n) is 2.45. The van der Waals surface area contributed by atoms with Crippen molar-refractivity contribution in [3.63, 3.8) is 0 Å². The lowest BCUT2D eigenvalue weighted by Crippen LogP contribution is -2.06. The van der Waals surface area contributed by atoms with E-state index in [0.717, 1.165) is 5.56 Å². The van der Waals surface area contributed by atoms with Crippen molar-refractivity contribution in [1.29, 1.82) is 0 Å². The minimum Gasteiger partial charge on any atom is -0.508 e. The number of carboxylic acid groups (broad SMARTS) is 1. The first kappa shape index (κ1) is 11.0. The van der Waals surface area contributed by atoms with Gasteiger partial charge in [0, 0.05) is 0 Å². The number of rotatable bonds is 2. The van der Waals surface area contributed by atoms with Gasteiger partial charge in [-0.15, -0.1) is 0 Å². The third kappa shape index (κ3) is 1.80. The first-order valence-electron chi connectivity index (χ1n) is 4.87.